The molecule has 0 aliphatic heterocycles. The first kappa shape index (κ1) is 23.8. The highest BCUT2D eigenvalue weighted by molar-refractivity contribution is 7.89. The molecule has 2 rings (SSSR count). The maximum Gasteiger partial charge on any atom is 0.405 e. The van der Waals surface area contributed by atoms with Gasteiger partial charge in [0.05, 0.1) is 21.5 Å². The molecule has 158 valence electrons. The lowest BCUT2D eigenvalue weighted by molar-refractivity contribution is -0.138. The molecule has 1 N–H and O–H groups in total. The van der Waals surface area contributed by atoms with Gasteiger partial charge in [-0.05, 0) is 29.8 Å². The Hall–Kier alpha value is -1.52. The molecular weight excluding hydrogens is 476 g/mol. The number of carbonyl (C=O) groups excluding carboxylic acids is 1. The van der Waals surface area contributed by atoms with Crippen molar-refractivity contribution in [1.82, 2.24) is 9.62 Å². The van der Waals surface area contributed by atoms with Gasteiger partial charge in [-0.2, -0.15) is 17.5 Å². The standard InChI is InChI=1S/C17H14Cl3F3N2O3S/c18-13-4-2-1-3-11(13)8-25(9-16(26)24-10-17(21,22)23)29(27,28)12-5-6-14(19)15(20)7-12/h1-7H,8-10H2,(H,24,26). The smallest absolute Gasteiger partial charge is 0.346 e. The first-order valence-corrected chi connectivity index (χ1v) is 10.5. The molecule has 0 unspecified atom stereocenters. The number of benzene rings is 2. The molecule has 0 atom stereocenters. The molecule has 0 saturated carbocycles. The van der Waals surface area contributed by atoms with Crippen LogP contribution >= 0.6 is 34.8 Å². The van der Waals surface area contributed by atoms with Crippen molar-refractivity contribution in [2.24, 2.45) is 0 Å². The summed E-state index contributed by atoms with van der Waals surface area (Å²) in [4.78, 5) is 11.7. The Balaban J connectivity index is 2.36. The minimum Gasteiger partial charge on any atom is -0.346 e. The normalized spacial score (nSPS) is 12.2. The third-order valence-electron chi connectivity index (χ3n) is 3.64. The van der Waals surface area contributed by atoms with Gasteiger partial charge < -0.3 is 5.32 Å². The van der Waals surface area contributed by atoms with E-state index in [9.17, 15) is 26.4 Å². The number of rotatable bonds is 7. The highest BCUT2D eigenvalue weighted by atomic mass is 35.5. The number of hydrogen-bond donors (Lipinski definition) is 1. The van der Waals surface area contributed by atoms with Gasteiger partial charge in [-0.15, -0.1) is 0 Å². The Morgan fingerprint density at radius 2 is 1.66 bits per heavy atom. The van der Waals surface area contributed by atoms with E-state index in [2.05, 4.69) is 0 Å². The predicted octanol–water partition coefficient (Wildman–Crippen LogP) is 4.52. The molecule has 0 aliphatic carbocycles. The predicted molar refractivity (Wildman–Crippen MR) is 105 cm³/mol. The SMILES string of the molecule is O=C(CN(Cc1ccccc1Cl)S(=O)(=O)c1ccc(Cl)c(Cl)c1)NCC(F)(F)F. The maximum atomic E-state index is 13.0. The zero-order chi connectivity index (χ0) is 21.8. The summed E-state index contributed by atoms with van der Waals surface area (Å²) in [6.07, 6.45) is -4.63. The molecule has 0 aromatic heterocycles. The van der Waals surface area contributed by atoms with Crippen LogP contribution in [-0.2, 0) is 21.4 Å². The molecule has 1 amide bonds. The van der Waals surface area contributed by atoms with Crippen LogP contribution in [0, 0.1) is 0 Å². The lowest BCUT2D eigenvalue weighted by Crippen LogP contribution is -2.43. The topological polar surface area (TPSA) is 66.5 Å². The third kappa shape index (κ3) is 6.75. The number of carbonyl (C=O) groups is 1. The molecule has 0 aliphatic rings. The average Bonchev–Trinajstić information content (AvgIpc) is 2.62. The summed E-state index contributed by atoms with van der Waals surface area (Å²) < 4.78 is 63.8. The van der Waals surface area contributed by atoms with Crippen LogP contribution in [0.3, 0.4) is 0 Å². The molecule has 0 fully saturated rings. The number of nitrogens with zero attached hydrogens (tertiary/aromatic N) is 1. The number of sulfonamides is 1. The van der Waals surface area contributed by atoms with Gasteiger partial charge in [0.1, 0.15) is 6.54 Å². The molecule has 2 aromatic rings. The minimum atomic E-state index is -4.63. The maximum absolute atomic E-state index is 13.0. The van der Waals surface area contributed by atoms with Crippen LogP contribution in [0.1, 0.15) is 5.56 Å². The van der Waals surface area contributed by atoms with Gasteiger partial charge >= 0.3 is 6.18 Å². The summed E-state index contributed by atoms with van der Waals surface area (Å²) in [5.74, 6) is -1.13. The molecular formula is C17H14Cl3F3N2O3S. The second-order valence-corrected chi connectivity index (χ2v) is 8.99. The lowest BCUT2D eigenvalue weighted by Gasteiger charge is -2.23. The number of nitrogens with one attached hydrogen (secondary N) is 1. The summed E-state index contributed by atoms with van der Waals surface area (Å²) in [7, 11) is -4.31. The van der Waals surface area contributed by atoms with Crippen LogP contribution in [-0.4, -0.2) is 37.9 Å². The van der Waals surface area contributed by atoms with E-state index < -0.39 is 35.2 Å². The van der Waals surface area contributed by atoms with Gasteiger partial charge in [0.25, 0.3) is 0 Å². The summed E-state index contributed by atoms with van der Waals surface area (Å²) in [6.45, 7) is -2.79. The van der Waals surface area contributed by atoms with E-state index in [1.165, 1.54) is 24.3 Å². The van der Waals surface area contributed by atoms with Crippen LogP contribution in [0.4, 0.5) is 13.2 Å². The zero-order valence-corrected chi connectivity index (χ0v) is 17.6. The summed E-state index contributed by atoms with van der Waals surface area (Å²) in [5, 5.41) is 1.96. The van der Waals surface area contributed by atoms with Crippen LogP contribution < -0.4 is 5.32 Å². The average molecular weight is 490 g/mol. The van der Waals surface area contributed by atoms with Crippen molar-refractivity contribution < 1.29 is 26.4 Å². The number of amides is 1. The fraction of sp³-hybridized carbons (Fsp3) is 0.235. The van der Waals surface area contributed by atoms with Crippen molar-refractivity contribution in [2.75, 3.05) is 13.1 Å². The summed E-state index contributed by atoms with van der Waals surface area (Å²) in [5.41, 5.74) is 0.362. The molecule has 0 bridgehead atoms. The lowest BCUT2D eigenvalue weighted by atomic mass is 10.2. The van der Waals surface area contributed by atoms with E-state index in [1.807, 2.05) is 0 Å². The van der Waals surface area contributed by atoms with Gasteiger partial charge in [0.15, 0.2) is 0 Å². The molecule has 0 saturated heterocycles. The monoisotopic (exact) mass is 488 g/mol. The van der Waals surface area contributed by atoms with E-state index >= 15 is 0 Å². The van der Waals surface area contributed by atoms with Crippen molar-refractivity contribution in [2.45, 2.75) is 17.6 Å². The second-order valence-electron chi connectivity index (χ2n) is 5.83. The quantitative estimate of drug-likeness (QED) is 0.622. The van der Waals surface area contributed by atoms with E-state index in [0.29, 0.717) is 9.87 Å². The van der Waals surface area contributed by atoms with E-state index in [-0.39, 0.29) is 26.5 Å². The summed E-state index contributed by atoms with van der Waals surface area (Å²) >= 11 is 17.7. The highest BCUT2D eigenvalue weighted by Crippen LogP contribution is 2.28. The van der Waals surface area contributed by atoms with Gasteiger partial charge in [-0.25, -0.2) is 8.42 Å². The third-order valence-corrected chi connectivity index (χ3v) is 6.53. The van der Waals surface area contributed by atoms with Crippen LogP contribution in [0.15, 0.2) is 47.4 Å². The first-order valence-electron chi connectivity index (χ1n) is 7.92. The Labute approximate surface area is 180 Å². The Kier molecular flexibility index (Phi) is 7.80. The van der Waals surface area contributed by atoms with Gasteiger partial charge in [0, 0.05) is 11.6 Å². The van der Waals surface area contributed by atoms with Crippen LogP contribution in [0.25, 0.3) is 0 Å². The Morgan fingerprint density at radius 1 is 1.00 bits per heavy atom. The van der Waals surface area contributed by atoms with E-state index in [0.717, 1.165) is 6.07 Å². The van der Waals surface area contributed by atoms with Gasteiger partial charge in [-0.3, -0.25) is 4.79 Å². The first-order chi connectivity index (χ1) is 13.4. The molecule has 29 heavy (non-hydrogen) atoms. The largest absolute Gasteiger partial charge is 0.405 e. The van der Waals surface area contributed by atoms with E-state index in [1.54, 1.807) is 17.4 Å². The summed E-state index contributed by atoms with van der Waals surface area (Å²) in [6, 6.07) is 9.81. The molecule has 0 heterocycles. The van der Waals surface area contributed by atoms with Crippen molar-refractivity contribution in [3.8, 4) is 0 Å². The molecule has 2 aromatic carbocycles. The van der Waals surface area contributed by atoms with Crippen LogP contribution in [0.2, 0.25) is 15.1 Å². The fourth-order valence-corrected chi connectivity index (χ4v) is 4.20. The highest BCUT2D eigenvalue weighted by Gasteiger charge is 2.31. The van der Waals surface area contributed by atoms with Gasteiger partial charge in [-0.1, -0.05) is 53.0 Å². The van der Waals surface area contributed by atoms with Gasteiger partial charge in [0.2, 0.25) is 15.9 Å². The zero-order valence-electron chi connectivity index (χ0n) is 14.5. The Morgan fingerprint density at radius 3 is 2.24 bits per heavy atom. The Bertz CT molecular complexity index is 1000. The molecule has 0 radical (unpaired) electrons. The van der Waals surface area contributed by atoms with E-state index in [4.69, 9.17) is 34.8 Å². The van der Waals surface area contributed by atoms with Crippen LogP contribution in [0.5, 0.6) is 0 Å². The van der Waals surface area contributed by atoms with Crippen molar-refractivity contribution in [3.05, 3.63) is 63.1 Å². The second kappa shape index (κ2) is 9.53. The number of alkyl halides is 3. The van der Waals surface area contributed by atoms with Crippen molar-refractivity contribution >= 4 is 50.7 Å². The number of hydrogen-bond acceptors (Lipinski definition) is 3. The molecule has 12 heteroatoms. The molecule has 5 nitrogen and oxygen atoms in total. The minimum absolute atomic E-state index is 0.0352. The number of halogens is 6. The molecule has 0 spiro atoms. The fourth-order valence-electron chi connectivity index (χ4n) is 2.24. The van der Waals surface area contributed by atoms with Crippen molar-refractivity contribution in [1.29, 1.82) is 0 Å². The van der Waals surface area contributed by atoms with Crippen molar-refractivity contribution in [3.63, 3.8) is 0 Å².